The van der Waals surface area contributed by atoms with Gasteiger partial charge in [0.2, 0.25) is 0 Å². The second kappa shape index (κ2) is 9.83. The van der Waals surface area contributed by atoms with Gasteiger partial charge in [0.05, 0.1) is 19.8 Å². The minimum absolute atomic E-state index is 0.354. The lowest BCUT2D eigenvalue weighted by Gasteiger charge is -2.42. The van der Waals surface area contributed by atoms with Crippen molar-refractivity contribution in [3.05, 3.63) is 23.8 Å². The predicted molar refractivity (Wildman–Crippen MR) is 108 cm³/mol. The van der Waals surface area contributed by atoms with E-state index in [4.69, 9.17) is 19.2 Å². The molecule has 0 radical (unpaired) electrons. The lowest BCUT2D eigenvalue weighted by Crippen LogP contribution is -2.46. The molecule has 1 aromatic rings. The van der Waals surface area contributed by atoms with Crippen molar-refractivity contribution in [3.63, 3.8) is 0 Å². The molecule has 27 heavy (non-hydrogen) atoms. The minimum atomic E-state index is 0.354. The van der Waals surface area contributed by atoms with Gasteiger partial charge in [0.15, 0.2) is 17.5 Å². The predicted octanol–water partition coefficient (Wildman–Crippen LogP) is 3.11. The van der Waals surface area contributed by atoms with E-state index in [1.807, 2.05) is 12.1 Å². The maximum atomic E-state index is 5.91. The molecule has 6 heteroatoms. The van der Waals surface area contributed by atoms with Gasteiger partial charge in [0.1, 0.15) is 0 Å². The molecule has 0 aromatic heterocycles. The zero-order valence-corrected chi connectivity index (χ0v) is 16.7. The Balaban J connectivity index is 1.64. The van der Waals surface area contributed by atoms with E-state index in [1.54, 1.807) is 7.11 Å². The normalized spacial score (nSPS) is 18.4. The van der Waals surface area contributed by atoms with Crippen LogP contribution in [0.25, 0.3) is 0 Å². The van der Waals surface area contributed by atoms with E-state index in [2.05, 4.69) is 23.6 Å². The van der Waals surface area contributed by atoms with Crippen molar-refractivity contribution in [1.29, 1.82) is 0 Å². The number of fused-ring (bicyclic) bond motifs is 1. The monoisotopic (exact) mass is 375 g/mol. The standard InChI is InChI=1S/C21H33N3O3/c1-3-22-20(24-16-21(9-5-10-21)11-14-25-2)23-15-17-7-4-8-18-19(17)27-13-6-12-26-18/h4,7-8H,3,5-6,9-16H2,1-2H3,(H2,22,23,24). The first-order chi connectivity index (χ1) is 13.3. The molecule has 1 aliphatic heterocycles. The molecule has 0 spiro atoms. The number of hydrogen-bond acceptors (Lipinski definition) is 4. The van der Waals surface area contributed by atoms with Gasteiger partial charge in [-0.25, -0.2) is 4.99 Å². The number of rotatable bonds is 8. The quantitative estimate of drug-likeness (QED) is 0.540. The minimum Gasteiger partial charge on any atom is -0.490 e. The van der Waals surface area contributed by atoms with Gasteiger partial charge in [-0.2, -0.15) is 0 Å². The summed E-state index contributed by atoms with van der Waals surface area (Å²) in [6.45, 7) is 6.64. The Hall–Kier alpha value is -1.95. The summed E-state index contributed by atoms with van der Waals surface area (Å²) >= 11 is 0. The summed E-state index contributed by atoms with van der Waals surface area (Å²) in [4.78, 5) is 4.79. The summed E-state index contributed by atoms with van der Waals surface area (Å²) in [6.07, 6.45) is 5.85. The maximum absolute atomic E-state index is 5.91. The van der Waals surface area contributed by atoms with Crippen molar-refractivity contribution in [2.45, 2.75) is 45.6 Å². The van der Waals surface area contributed by atoms with E-state index in [0.29, 0.717) is 25.2 Å². The van der Waals surface area contributed by atoms with Gasteiger partial charge in [-0.15, -0.1) is 0 Å². The molecule has 1 aliphatic carbocycles. The first-order valence-corrected chi connectivity index (χ1v) is 10.1. The van der Waals surface area contributed by atoms with Crippen LogP contribution in [-0.4, -0.2) is 46.0 Å². The zero-order valence-electron chi connectivity index (χ0n) is 16.7. The molecular formula is C21H33N3O3. The van der Waals surface area contributed by atoms with Crippen molar-refractivity contribution in [1.82, 2.24) is 10.6 Å². The first kappa shape index (κ1) is 19.8. The molecule has 0 bridgehead atoms. The molecule has 1 fully saturated rings. The highest BCUT2D eigenvalue weighted by Crippen LogP contribution is 2.43. The lowest BCUT2D eigenvalue weighted by molar-refractivity contribution is 0.0732. The fraction of sp³-hybridized carbons (Fsp3) is 0.667. The number of nitrogens with zero attached hydrogens (tertiary/aromatic N) is 1. The Morgan fingerprint density at radius 3 is 2.78 bits per heavy atom. The number of hydrogen-bond donors (Lipinski definition) is 2. The molecule has 0 saturated heterocycles. The van der Waals surface area contributed by atoms with Gasteiger partial charge in [-0.1, -0.05) is 18.6 Å². The molecule has 2 N–H and O–H groups in total. The summed E-state index contributed by atoms with van der Waals surface area (Å²) in [5, 5.41) is 6.90. The second-order valence-electron chi connectivity index (χ2n) is 7.44. The molecule has 1 saturated carbocycles. The fourth-order valence-corrected chi connectivity index (χ4v) is 3.67. The maximum Gasteiger partial charge on any atom is 0.191 e. The van der Waals surface area contributed by atoms with Crippen LogP contribution in [-0.2, 0) is 11.3 Å². The average molecular weight is 376 g/mol. The first-order valence-electron chi connectivity index (χ1n) is 10.1. The van der Waals surface area contributed by atoms with Gasteiger partial charge in [0, 0.05) is 38.8 Å². The van der Waals surface area contributed by atoms with Gasteiger partial charge in [-0.05, 0) is 37.7 Å². The van der Waals surface area contributed by atoms with Gasteiger partial charge in [0.25, 0.3) is 0 Å². The molecule has 0 amide bonds. The van der Waals surface area contributed by atoms with Crippen molar-refractivity contribution >= 4 is 5.96 Å². The Kier molecular flexibility index (Phi) is 7.21. The second-order valence-corrected chi connectivity index (χ2v) is 7.44. The van der Waals surface area contributed by atoms with Crippen molar-refractivity contribution in [2.75, 3.05) is 40.0 Å². The molecule has 0 atom stereocenters. The molecular weight excluding hydrogens is 342 g/mol. The molecule has 1 heterocycles. The highest BCUT2D eigenvalue weighted by molar-refractivity contribution is 5.79. The third kappa shape index (κ3) is 5.28. The number of ether oxygens (including phenoxy) is 3. The van der Waals surface area contributed by atoms with Crippen molar-refractivity contribution in [2.24, 2.45) is 10.4 Å². The van der Waals surface area contributed by atoms with E-state index in [0.717, 1.165) is 55.6 Å². The van der Waals surface area contributed by atoms with E-state index in [9.17, 15) is 0 Å². The molecule has 150 valence electrons. The molecule has 1 aromatic carbocycles. The SMILES string of the molecule is CCNC(=NCc1cccc2c1OCCCO2)NCC1(CCOC)CCC1. The topological polar surface area (TPSA) is 64.1 Å². The van der Waals surface area contributed by atoms with Gasteiger partial charge < -0.3 is 24.8 Å². The average Bonchev–Trinajstić information content (AvgIpc) is 2.90. The lowest BCUT2D eigenvalue weighted by atomic mass is 9.67. The van der Waals surface area contributed by atoms with Crippen LogP contribution in [0.3, 0.4) is 0 Å². The highest BCUT2D eigenvalue weighted by Gasteiger charge is 2.36. The smallest absolute Gasteiger partial charge is 0.191 e. The summed E-state index contributed by atoms with van der Waals surface area (Å²) in [5.41, 5.74) is 1.41. The molecule has 3 rings (SSSR count). The zero-order chi connectivity index (χ0) is 19.0. The largest absolute Gasteiger partial charge is 0.490 e. The van der Waals surface area contributed by atoms with Gasteiger partial charge >= 0.3 is 0 Å². The summed E-state index contributed by atoms with van der Waals surface area (Å²) in [5.74, 6) is 2.52. The van der Waals surface area contributed by atoms with E-state index in [1.165, 1.54) is 19.3 Å². The Bertz CT molecular complexity index is 629. The van der Waals surface area contributed by atoms with Gasteiger partial charge in [-0.3, -0.25) is 0 Å². The molecule has 6 nitrogen and oxygen atoms in total. The summed E-state index contributed by atoms with van der Waals surface area (Å²) < 4.78 is 17.0. The van der Waals surface area contributed by atoms with Crippen LogP contribution < -0.4 is 20.1 Å². The molecule has 0 unspecified atom stereocenters. The van der Waals surface area contributed by atoms with E-state index < -0.39 is 0 Å². The third-order valence-corrected chi connectivity index (χ3v) is 5.49. The fourth-order valence-electron chi connectivity index (χ4n) is 3.67. The summed E-state index contributed by atoms with van der Waals surface area (Å²) in [6, 6.07) is 6.03. The molecule has 2 aliphatic rings. The van der Waals surface area contributed by atoms with Crippen LogP contribution in [0.5, 0.6) is 11.5 Å². The Morgan fingerprint density at radius 1 is 1.19 bits per heavy atom. The highest BCUT2D eigenvalue weighted by atomic mass is 16.5. The number of benzene rings is 1. The summed E-state index contributed by atoms with van der Waals surface area (Å²) in [7, 11) is 1.78. The Morgan fingerprint density at radius 2 is 2.04 bits per heavy atom. The van der Waals surface area contributed by atoms with Crippen LogP contribution in [0.2, 0.25) is 0 Å². The third-order valence-electron chi connectivity index (χ3n) is 5.49. The van der Waals surface area contributed by atoms with E-state index >= 15 is 0 Å². The van der Waals surface area contributed by atoms with Crippen LogP contribution in [0.1, 0.15) is 44.6 Å². The van der Waals surface area contributed by atoms with Crippen LogP contribution in [0.4, 0.5) is 0 Å². The van der Waals surface area contributed by atoms with Crippen molar-refractivity contribution < 1.29 is 14.2 Å². The Labute approximate surface area is 162 Å². The van der Waals surface area contributed by atoms with Crippen molar-refractivity contribution in [3.8, 4) is 11.5 Å². The van der Waals surface area contributed by atoms with Crippen LogP contribution in [0, 0.1) is 5.41 Å². The van der Waals surface area contributed by atoms with Crippen LogP contribution in [0.15, 0.2) is 23.2 Å². The number of guanidine groups is 1. The number of nitrogens with one attached hydrogen (secondary N) is 2. The number of aliphatic imine (C=N–C) groups is 1. The number of methoxy groups -OCH3 is 1. The number of para-hydroxylation sites is 1. The van der Waals surface area contributed by atoms with Crippen LogP contribution >= 0.6 is 0 Å². The van der Waals surface area contributed by atoms with E-state index in [-0.39, 0.29) is 0 Å².